The van der Waals surface area contributed by atoms with Crippen molar-refractivity contribution >= 4 is 5.97 Å². The number of alkyl halides is 3. The Hall–Kier alpha value is -1.08. The van der Waals surface area contributed by atoms with Crippen molar-refractivity contribution in [3.8, 4) is 0 Å². The largest absolute Gasteiger partial charge is 0.481 e. The van der Waals surface area contributed by atoms with Gasteiger partial charge in [-0.3, -0.25) is 4.79 Å². The highest BCUT2D eigenvalue weighted by atomic mass is 19.4. The van der Waals surface area contributed by atoms with E-state index in [-0.39, 0.29) is 25.9 Å². The van der Waals surface area contributed by atoms with Crippen molar-refractivity contribution in [3.63, 3.8) is 0 Å². The maximum atomic E-state index is 12.8. The van der Waals surface area contributed by atoms with Crippen LogP contribution < -0.4 is 0 Å². The fourth-order valence-electron chi connectivity index (χ4n) is 3.14. The van der Waals surface area contributed by atoms with Gasteiger partial charge in [-0.15, -0.1) is 0 Å². The van der Waals surface area contributed by atoms with Crippen molar-refractivity contribution in [2.45, 2.75) is 50.0 Å². The molecule has 2 aliphatic rings. The first kappa shape index (κ1) is 15.3. The molecular formula is C13H17F3O4. The van der Waals surface area contributed by atoms with Gasteiger partial charge in [0.15, 0.2) is 0 Å². The summed E-state index contributed by atoms with van der Waals surface area (Å²) in [5, 5.41) is 19.4. The minimum atomic E-state index is -4.40. The second kappa shape index (κ2) is 5.37. The smallest absolute Gasteiger partial charge is 0.412 e. The van der Waals surface area contributed by atoms with Crippen molar-refractivity contribution in [1.82, 2.24) is 0 Å². The van der Waals surface area contributed by atoms with Crippen LogP contribution in [0.4, 0.5) is 13.2 Å². The van der Waals surface area contributed by atoms with Gasteiger partial charge in [-0.25, -0.2) is 0 Å². The lowest BCUT2D eigenvalue weighted by Gasteiger charge is -2.43. The van der Waals surface area contributed by atoms with Crippen LogP contribution >= 0.6 is 0 Å². The summed E-state index contributed by atoms with van der Waals surface area (Å²) < 4.78 is 43.8. The first-order chi connectivity index (χ1) is 9.22. The highest BCUT2D eigenvalue weighted by molar-refractivity contribution is 5.68. The van der Waals surface area contributed by atoms with E-state index in [1.54, 1.807) is 0 Å². The third kappa shape index (κ3) is 3.15. The molecule has 114 valence electrons. The molecule has 0 aromatic carbocycles. The summed E-state index contributed by atoms with van der Waals surface area (Å²) in [6.45, 7) is 0.0794. The number of fused-ring (bicyclic) bond motifs is 1. The predicted octanol–water partition coefficient (Wildman–Crippen LogP) is 2.27. The maximum Gasteiger partial charge on any atom is 0.412 e. The molecule has 0 spiro atoms. The fraction of sp³-hybridized carbons (Fsp3) is 0.769. The average molecular weight is 294 g/mol. The van der Waals surface area contributed by atoms with Crippen molar-refractivity contribution in [2.75, 3.05) is 6.61 Å². The molecule has 0 radical (unpaired) electrons. The van der Waals surface area contributed by atoms with Gasteiger partial charge in [-0.05, 0) is 12.8 Å². The second-order valence-electron chi connectivity index (χ2n) is 5.45. The Morgan fingerprint density at radius 2 is 2.20 bits per heavy atom. The number of aliphatic carboxylic acids is 1. The summed E-state index contributed by atoms with van der Waals surface area (Å²) in [5.74, 6) is -1.73. The average Bonchev–Trinajstić information content (AvgIpc) is 2.50. The number of carboxylic acid groups (broad SMARTS) is 1. The molecule has 3 unspecified atom stereocenters. The fourth-order valence-corrected chi connectivity index (χ4v) is 3.14. The number of hydrogen-bond acceptors (Lipinski definition) is 3. The number of aliphatic hydroxyl groups is 1. The Morgan fingerprint density at radius 1 is 1.50 bits per heavy atom. The highest BCUT2D eigenvalue weighted by Crippen LogP contribution is 2.43. The van der Waals surface area contributed by atoms with Gasteiger partial charge in [0.25, 0.3) is 0 Å². The van der Waals surface area contributed by atoms with Crippen molar-refractivity contribution in [1.29, 1.82) is 0 Å². The molecule has 1 heterocycles. The van der Waals surface area contributed by atoms with E-state index in [2.05, 4.69) is 0 Å². The Balaban J connectivity index is 2.19. The van der Waals surface area contributed by atoms with E-state index in [0.717, 1.165) is 6.08 Å². The van der Waals surface area contributed by atoms with Crippen LogP contribution in [0, 0.1) is 5.92 Å². The molecule has 0 aromatic heterocycles. The van der Waals surface area contributed by atoms with Gasteiger partial charge in [0, 0.05) is 30.9 Å². The van der Waals surface area contributed by atoms with Gasteiger partial charge in [0.2, 0.25) is 0 Å². The van der Waals surface area contributed by atoms with Crippen LogP contribution in [0.1, 0.15) is 32.1 Å². The highest BCUT2D eigenvalue weighted by Gasteiger charge is 2.49. The maximum absolute atomic E-state index is 12.8. The molecular weight excluding hydrogens is 277 g/mol. The van der Waals surface area contributed by atoms with Gasteiger partial charge in [-0.1, -0.05) is 6.08 Å². The van der Waals surface area contributed by atoms with Gasteiger partial charge in [0.05, 0.1) is 18.1 Å². The van der Waals surface area contributed by atoms with Crippen LogP contribution in [0.2, 0.25) is 0 Å². The number of rotatable bonds is 2. The Kier molecular flexibility index (Phi) is 4.11. The summed E-state index contributed by atoms with van der Waals surface area (Å²) in [6.07, 6.45) is -4.22. The molecule has 2 N–H and O–H groups in total. The normalized spacial score (nSPS) is 34.9. The van der Waals surface area contributed by atoms with E-state index < -0.39 is 41.8 Å². The van der Waals surface area contributed by atoms with Crippen LogP contribution in [0.3, 0.4) is 0 Å². The summed E-state index contributed by atoms with van der Waals surface area (Å²) in [7, 11) is 0. The SMILES string of the molecule is O=C(O)CC1(O)CCOC2CC(C(F)(F)F)=CCCC21. The molecule has 0 bridgehead atoms. The van der Waals surface area contributed by atoms with E-state index in [1.807, 2.05) is 0 Å². The first-order valence-corrected chi connectivity index (χ1v) is 6.54. The summed E-state index contributed by atoms with van der Waals surface area (Å²) in [5.41, 5.74) is -2.13. The molecule has 1 saturated heterocycles. The van der Waals surface area contributed by atoms with Crippen molar-refractivity contribution < 1.29 is 32.9 Å². The van der Waals surface area contributed by atoms with E-state index in [4.69, 9.17) is 9.84 Å². The third-order valence-corrected chi connectivity index (χ3v) is 4.12. The minimum Gasteiger partial charge on any atom is -0.481 e. The number of carbonyl (C=O) groups is 1. The molecule has 1 aliphatic heterocycles. The van der Waals surface area contributed by atoms with Crippen LogP contribution in [0.15, 0.2) is 11.6 Å². The van der Waals surface area contributed by atoms with Crippen LogP contribution in [-0.4, -0.2) is 40.7 Å². The van der Waals surface area contributed by atoms with E-state index >= 15 is 0 Å². The van der Waals surface area contributed by atoms with Crippen LogP contribution in [0.25, 0.3) is 0 Å². The molecule has 3 atom stereocenters. The molecule has 0 aromatic rings. The summed E-state index contributed by atoms with van der Waals surface area (Å²) in [6, 6.07) is 0. The lowest BCUT2D eigenvalue weighted by atomic mass is 9.74. The van der Waals surface area contributed by atoms with Gasteiger partial charge >= 0.3 is 12.1 Å². The second-order valence-corrected chi connectivity index (χ2v) is 5.45. The zero-order valence-corrected chi connectivity index (χ0v) is 10.8. The summed E-state index contributed by atoms with van der Waals surface area (Å²) >= 11 is 0. The monoisotopic (exact) mass is 294 g/mol. The number of ether oxygens (including phenoxy) is 1. The van der Waals surface area contributed by atoms with E-state index in [1.165, 1.54) is 0 Å². The lowest BCUT2D eigenvalue weighted by molar-refractivity contribution is -0.174. The van der Waals surface area contributed by atoms with Crippen molar-refractivity contribution in [3.05, 3.63) is 11.6 Å². The Labute approximate surface area is 114 Å². The number of carboxylic acids is 1. The quantitative estimate of drug-likeness (QED) is 0.767. The van der Waals surface area contributed by atoms with Gasteiger partial charge in [-0.2, -0.15) is 13.2 Å². The third-order valence-electron chi connectivity index (χ3n) is 4.12. The Bertz CT molecular complexity index is 418. The molecule has 20 heavy (non-hydrogen) atoms. The standard InChI is InChI=1S/C13H17F3O4/c14-13(15,16)8-2-1-3-9-10(6-8)20-5-4-12(9,19)7-11(17)18/h2,9-10,19H,1,3-7H2,(H,17,18). The Morgan fingerprint density at radius 3 is 2.80 bits per heavy atom. The van der Waals surface area contributed by atoms with Crippen LogP contribution in [-0.2, 0) is 9.53 Å². The number of halogens is 3. The van der Waals surface area contributed by atoms with Crippen molar-refractivity contribution in [2.24, 2.45) is 5.92 Å². The van der Waals surface area contributed by atoms with Crippen LogP contribution in [0.5, 0.6) is 0 Å². The number of hydrogen-bond donors (Lipinski definition) is 2. The molecule has 7 heteroatoms. The molecule has 4 nitrogen and oxygen atoms in total. The van der Waals surface area contributed by atoms with Gasteiger partial charge in [0.1, 0.15) is 0 Å². The van der Waals surface area contributed by atoms with Gasteiger partial charge < -0.3 is 14.9 Å². The zero-order valence-electron chi connectivity index (χ0n) is 10.8. The first-order valence-electron chi connectivity index (χ1n) is 6.54. The number of allylic oxidation sites excluding steroid dienone is 1. The topological polar surface area (TPSA) is 66.8 Å². The van der Waals surface area contributed by atoms with E-state index in [0.29, 0.717) is 6.42 Å². The molecule has 1 fully saturated rings. The minimum absolute atomic E-state index is 0.0794. The summed E-state index contributed by atoms with van der Waals surface area (Å²) in [4.78, 5) is 10.9. The molecule has 1 aliphatic carbocycles. The van der Waals surface area contributed by atoms with E-state index in [9.17, 15) is 23.1 Å². The zero-order chi connectivity index (χ0) is 15.0. The molecule has 2 rings (SSSR count). The molecule has 0 saturated carbocycles. The molecule has 0 amide bonds. The predicted molar refractivity (Wildman–Crippen MR) is 63.0 cm³/mol. The lowest BCUT2D eigenvalue weighted by Crippen LogP contribution is -2.51.